The van der Waals surface area contributed by atoms with E-state index in [4.69, 9.17) is 0 Å². The van der Waals surface area contributed by atoms with Crippen LogP contribution in [0.15, 0.2) is 60.7 Å². The summed E-state index contributed by atoms with van der Waals surface area (Å²) in [6, 6.07) is 18.8. The fourth-order valence-corrected chi connectivity index (χ4v) is 2.54. The average molecular weight is 354 g/mol. The van der Waals surface area contributed by atoms with Gasteiger partial charge in [0.25, 0.3) is 0 Å². The van der Waals surface area contributed by atoms with Crippen LogP contribution in [0.25, 0.3) is 0 Å². The molecule has 0 saturated heterocycles. The van der Waals surface area contributed by atoms with E-state index in [1.807, 2.05) is 60.7 Å². The first kappa shape index (κ1) is 12.5. The molecule has 0 aliphatic heterocycles. The van der Waals surface area contributed by atoms with Gasteiger partial charge in [0, 0.05) is 5.56 Å². The Morgan fingerprint density at radius 3 is 1.82 bits per heavy atom. The van der Waals surface area contributed by atoms with E-state index in [0.717, 1.165) is 5.56 Å². The summed E-state index contributed by atoms with van der Waals surface area (Å²) in [5.41, 5.74) is 1.55. The lowest BCUT2D eigenvalue weighted by atomic mass is 10.0. The molecule has 17 heavy (non-hydrogen) atoms. The Morgan fingerprint density at radius 2 is 1.29 bits per heavy atom. The van der Waals surface area contributed by atoms with Crippen molar-refractivity contribution in [3.05, 3.63) is 71.8 Å². The molecule has 0 heterocycles. The third-order valence-electron chi connectivity index (χ3n) is 2.46. The van der Waals surface area contributed by atoms with E-state index in [9.17, 15) is 4.79 Å². The Bertz CT molecular complexity index is 506. The molecule has 0 radical (unpaired) electrons. The van der Waals surface area contributed by atoms with E-state index in [1.165, 1.54) is 0 Å². The zero-order valence-electron chi connectivity index (χ0n) is 8.94. The highest BCUT2D eigenvalue weighted by atomic mass is 79.9. The fraction of sp³-hybridized carbons (Fsp3) is 0.0714. The molecular weight excluding hydrogens is 344 g/mol. The van der Waals surface area contributed by atoms with Crippen molar-refractivity contribution in [3.63, 3.8) is 0 Å². The highest BCUT2D eigenvalue weighted by Gasteiger charge is 2.34. The van der Waals surface area contributed by atoms with Gasteiger partial charge in [0.1, 0.15) is 0 Å². The first-order valence-corrected chi connectivity index (χ1v) is 6.74. The molecule has 86 valence electrons. The van der Waals surface area contributed by atoms with Gasteiger partial charge in [0.2, 0.25) is 0 Å². The predicted octanol–water partition coefficient (Wildman–Crippen LogP) is 4.51. The van der Waals surface area contributed by atoms with Crippen LogP contribution < -0.4 is 0 Å². The van der Waals surface area contributed by atoms with Crippen molar-refractivity contribution >= 4 is 37.6 Å². The molecule has 2 aromatic rings. The summed E-state index contributed by atoms with van der Waals surface area (Å²) in [5, 5.41) is 0. The van der Waals surface area contributed by atoms with E-state index in [0.29, 0.717) is 5.56 Å². The van der Waals surface area contributed by atoms with Gasteiger partial charge in [0.15, 0.2) is 9.02 Å². The topological polar surface area (TPSA) is 17.1 Å². The minimum atomic E-state index is -0.859. The third kappa shape index (κ3) is 2.67. The van der Waals surface area contributed by atoms with Crippen molar-refractivity contribution < 1.29 is 4.79 Å². The molecule has 0 aliphatic rings. The maximum atomic E-state index is 12.4. The van der Waals surface area contributed by atoms with Gasteiger partial charge in [-0.05, 0) is 5.56 Å². The minimum Gasteiger partial charge on any atom is -0.291 e. The van der Waals surface area contributed by atoms with Crippen LogP contribution in [-0.4, -0.2) is 5.78 Å². The SMILES string of the molecule is O=C(c1ccccc1)C(Br)(Br)c1ccccc1. The number of carbonyl (C=O) groups is 1. The molecule has 0 atom stereocenters. The van der Waals surface area contributed by atoms with Crippen LogP contribution in [-0.2, 0) is 3.23 Å². The zero-order valence-corrected chi connectivity index (χ0v) is 12.1. The normalized spacial score (nSPS) is 11.2. The van der Waals surface area contributed by atoms with Gasteiger partial charge < -0.3 is 0 Å². The lowest BCUT2D eigenvalue weighted by Gasteiger charge is -2.19. The molecule has 0 aromatic heterocycles. The number of benzene rings is 2. The quantitative estimate of drug-likeness (QED) is 0.586. The first-order chi connectivity index (χ1) is 8.12. The molecule has 0 saturated carbocycles. The van der Waals surface area contributed by atoms with Crippen molar-refractivity contribution in [2.45, 2.75) is 3.23 Å². The van der Waals surface area contributed by atoms with Gasteiger partial charge >= 0.3 is 0 Å². The Labute approximate surface area is 117 Å². The van der Waals surface area contributed by atoms with Crippen LogP contribution in [0.2, 0.25) is 0 Å². The van der Waals surface area contributed by atoms with E-state index < -0.39 is 3.23 Å². The monoisotopic (exact) mass is 352 g/mol. The Kier molecular flexibility index (Phi) is 3.79. The largest absolute Gasteiger partial charge is 0.291 e. The fourth-order valence-electron chi connectivity index (χ4n) is 1.55. The maximum Gasteiger partial charge on any atom is 0.194 e. The Hall–Kier alpha value is -0.930. The second-order valence-electron chi connectivity index (χ2n) is 3.64. The van der Waals surface area contributed by atoms with Crippen LogP contribution in [0.1, 0.15) is 15.9 Å². The molecular formula is C14H10Br2O. The molecule has 0 spiro atoms. The van der Waals surface area contributed by atoms with Gasteiger partial charge in [-0.25, -0.2) is 0 Å². The van der Waals surface area contributed by atoms with Gasteiger partial charge in [-0.1, -0.05) is 92.5 Å². The van der Waals surface area contributed by atoms with Gasteiger partial charge in [-0.3, -0.25) is 4.79 Å². The number of ketones is 1. The highest BCUT2D eigenvalue weighted by Crippen LogP contribution is 2.40. The summed E-state index contributed by atoms with van der Waals surface area (Å²) in [4.78, 5) is 12.4. The summed E-state index contributed by atoms with van der Waals surface area (Å²) >= 11 is 6.92. The van der Waals surface area contributed by atoms with Crippen molar-refractivity contribution in [2.24, 2.45) is 0 Å². The third-order valence-corrected chi connectivity index (χ3v) is 4.09. The molecule has 0 amide bonds. The predicted molar refractivity (Wildman–Crippen MR) is 76.7 cm³/mol. The molecule has 2 rings (SSSR count). The number of halogens is 2. The zero-order chi connectivity index (χ0) is 12.3. The minimum absolute atomic E-state index is 0.00991. The summed E-state index contributed by atoms with van der Waals surface area (Å²) in [6.07, 6.45) is 0. The maximum absolute atomic E-state index is 12.4. The second-order valence-corrected chi connectivity index (χ2v) is 7.08. The number of carbonyl (C=O) groups excluding carboxylic acids is 1. The van der Waals surface area contributed by atoms with Gasteiger partial charge in [-0.2, -0.15) is 0 Å². The lowest BCUT2D eigenvalue weighted by Crippen LogP contribution is -2.22. The summed E-state index contributed by atoms with van der Waals surface area (Å²) in [6.45, 7) is 0. The summed E-state index contributed by atoms with van der Waals surface area (Å²) in [5.74, 6) is -0.00991. The number of alkyl halides is 2. The smallest absolute Gasteiger partial charge is 0.194 e. The molecule has 0 aliphatic carbocycles. The van der Waals surface area contributed by atoms with E-state index in [2.05, 4.69) is 31.9 Å². The van der Waals surface area contributed by atoms with Crippen LogP contribution in [0.4, 0.5) is 0 Å². The van der Waals surface area contributed by atoms with E-state index in [1.54, 1.807) is 0 Å². The first-order valence-electron chi connectivity index (χ1n) is 5.15. The molecule has 2 aromatic carbocycles. The molecule has 0 N–H and O–H groups in total. The highest BCUT2D eigenvalue weighted by molar-refractivity contribution is 9.25. The average Bonchev–Trinajstić information content (AvgIpc) is 2.40. The van der Waals surface area contributed by atoms with Gasteiger partial charge in [-0.15, -0.1) is 0 Å². The molecule has 0 bridgehead atoms. The van der Waals surface area contributed by atoms with Crippen molar-refractivity contribution in [2.75, 3.05) is 0 Å². The Morgan fingerprint density at radius 1 is 0.824 bits per heavy atom. The van der Waals surface area contributed by atoms with Gasteiger partial charge in [0.05, 0.1) is 0 Å². The standard InChI is InChI=1S/C14H10Br2O/c15-14(16,12-9-5-2-6-10-12)13(17)11-7-3-1-4-8-11/h1-10H. The van der Waals surface area contributed by atoms with E-state index >= 15 is 0 Å². The van der Waals surface area contributed by atoms with Crippen molar-refractivity contribution in [3.8, 4) is 0 Å². The molecule has 0 unspecified atom stereocenters. The summed E-state index contributed by atoms with van der Waals surface area (Å²) < 4.78 is -0.859. The van der Waals surface area contributed by atoms with Crippen LogP contribution in [0.5, 0.6) is 0 Å². The Balaban J connectivity index is 2.37. The number of rotatable bonds is 3. The number of Topliss-reactive ketones (excluding diaryl/α,β-unsaturated/α-hetero) is 1. The van der Waals surface area contributed by atoms with Crippen LogP contribution in [0, 0.1) is 0 Å². The molecule has 0 fully saturated rings. The van der Waals surface area contributed by atoms with Crippen LogP contribution in [0.3, 0.4) is 0 Å². The number of hydrogen-bond acceptors (Lipinski definition) is 1. The van der Waals surface area contributed by atoms with Crippen molar-refractivity contribution in [1.29, 1.82) is 0 Å². The molecule has 1 nitrogen and oxygen atoms in total. The van der Waals surface area contributed by atoms with Crippen LogP contribution >= 0.6 is 31.9 Å². The summed E-state index contributed by atoms with van der Waals surface area (Å²) in [7, 11) is 0. The molecule has 3 heteroatoms. The van der Waals surface area contributed by atoms with E-state index in [-0.39, 0.29) is 5.78 Å². The lowest BCUT2D eigenvalue weighted by molar-refractivity contribution is 0.0982. The van der Waals surface area contributed by atoms with Crippen molar-refractivity contribution in [1.82, 2.24) is 0 Å². The number of hydrogen-bond donors (Lipinski definition) is 0. The second kappa shape index (κ2) is 5.15.